The van der Waals surface area contributed by atoms with Gasteiger partial charge in [0.05, 0.1) is 7.11 Å². The van der Waals surface area contributed by atoms with Crippen LogP contribution < -0.4 is 15.4 Å². The van der Waals surface area contributed by atoms with Gasteiger partial charge >= 0.3 is 0 Å². The molecule has 1 heterocycles. The summed E-state index contributed by atoms with van der Waals surface area (Å²) in [7, 11) is 1.51. The summed E-state index contributed by atoms with van der Waals surface area (Å²) in [4.78, 5) is 9.96. The number of aromatic nitrogens is 2. The lowest BCUT2D eigenvalue weighted by atomic mass is 10.2. The van der Waals surface area contributed by atoms with Crippen molar-refractivity contribution in [2.75, 3.05) is 24.3 Å². The summed E-state index contributed by atoms with van der Waals surface area (Å²) in [6.45, 7) is 2.60. The van der Waals surface area contributed by atoms with E-state index in [4.69, 9.17) is 10.5 Å². The van der Waals surface area contributed by atoms with Crippen LogP contribution in [0, 0.1) is 5.82 Å². The largest absolute Gasteiger partial charge is 0.490 e. The lowest BCUT2D eigenvalue weighted by Gasteiger charge is -2.24. The van der Waals surface area contributed by atoms with Crippen LogP contribution in [-0.4, -0.2) is 23.6 Å². The molecular formula is C13H15FN4O. The molecule has 1 aromatic heterocycles. The quantitative estimate of drug-likeness (QED) is 0.916. The first kappa shape index (κ1) is 13.1. The predicted octanol–water partition coefficient (Wildman–Crippen LogP) is 2.36. The van der Waals surface area contributed by atoms with Gasteiger partial charge in [0.25, 0.3) is 0 Å². The molecular weight excluding hydrogens is 247 g/mol. The first-order valence-corrected chi connectivity index (χ1v) is 5.85. The van der Waals surface area contributed by atoms with E-state index in [-0.39, 0.29) is 11.6 Å². The van der Waals surface area contributed by atoms with E-state index >= 15 is 0 Å². The van der Waals surface area contributed by atoms with Crippen molar-refractivity contribution in [2.45, 2.75) is 6.92 Å². The summed E-state index contributed by atoms with van der Waals surface area (Å²) in [5.74, 6) is 0.958. The van der Waals surface area contributed by atoms with Crippen molar-refractivity contribution in [3.8, 4) is 5.75 Å². The Bertz CT molecular complexity index is 559. The SMILES string of the molecule is CCN(c1ccc(F)cc1)c1ncnc(N)c1OC. The van der Waals surface area contributed by atoms with Gasteiger partial charge in [0, 0.05) is 12.2 Å². The van der Waals surface area contributed by atoms with Crippen molar-refractivity contribution in [3.05, 3.63) is 36.4 Å². The van der Waals surface area contributed by atoms with Gasteiger partial charge in [-0.2, -0.15) is 0 Å². The normalized spacial score (nSPS) is 10.3. The van der Waals surface area contributed by atoms with Gasteiger partial charge in [-0.1, -0.05) is 0 Å². The van der Waals surface area contributed by atoms with Crippen molar-refractivity contribution in [1.82, 2.24) is 9.97 Å². The third kappa shape index (κ3) is 2.57. The average Bonchev–Trinajstić information content (AvgIpc) is 2.42. The number of rotatable bonds is 4. The van der Waals surface area contributed by atoms with Crippen LogP contribution in [0.3, 0.4) is 0 Å². The van der Waals surface area contributed by atoms with E-state index in [0.717, 1.165) is 5.69 Å². The molecule has 100 valence electrons. The Kier molecular flexibility index (Phi) is 3.79. The number of benzene rings is 1. The number of halogens is 1. The molecule has 6 heteroatoms. The Hall–Kier alpha value is -2.37. The maximum Gasteiger partial charge on any atom is 0.204 e. The molecule has 0 unspecified atom stereocenters. The van der Waals surface area contributed by atoms with E-state index in [2.05, 4.69) is 9.97 Å². The molecule has 0 radical (unpaired) electrons. The van der Waals surface area contributed by atoms with Crippen LogP contribution in [0.15, 0.2) is 30.6 Å². The highest BCUT2D eigenvalue weighted by atomic mass is 19.1. The first-order chi connectivity index (χ1) is 9.17. The molecule has 0 saturated carbocycles. The smallest absolute Gasteiger partial charge is 0.204 e. The Morgan fingerprint density at radius 1 is 1.26 bits per heavy atom. The fraction of sp³-hybridized carbons (Fsp3) is 0.231. The lowest BCUT2D eigenvalue weighted by molar-refractivity contribution is 0.414. The summed E-state index contributed by atoms with van der Waals surface area (Å²) >= 11 is 0. The summed E-state index contributed by atoms with van der Waals surface area (Å²) in [5, 5.41) is 0. The van der Waals surface area contributed by atoms with E-state index in [1.807, 2.05) is 11.8 Å². The molecule has 0 amide bonds. The minimum atomic E-state index is -0.283. The molecule has 0 aliphatic carbocycles. The Morgan fingerprint density at radius 2 is 1.95 bits per heavy atom. The second kappa shape index (κ2) is 5.51. The molecule has 2 N–H and O–H groups in total. The molecule has 0 aliphatic heterocycles. The molecule has 0 saturated heterocycles. The van der Waals surface area contributed by atoms with Gasteiger partial charge < -0.3 is 15.4 Å². The molecule has 0 aliphatic rings. The summed E-state index contributed by atoms with van der Waals surface area (Å²) in [6.07, 6.45) is 1.37. The maximum atomic E-state index is 13.0. The highest BCUT2D eigenvalue weighted by molar-refractivity contribution is 5.70. The molecule has 0 spiro atoms. The number of anilines is 3. The second-order valence-corrected chi connectivity index (χ2v) is 3.84. The molecule has 2 rings (SSSR count). The van der Waals surface area contributed by atoms with Crippen LogP contribution >= 0.6 is 0 Å². The van der Waals surface area contributed by atoms with Crippen LogP contribution in [0.1, 0.15) is 6.92 Å². The number of hydrogen-bond acceptors (Lipinski definition) is 5. The van der Waals surface area contributed by atoms with E-state index in [1.54, 1.807) is 12.1 Å². The van der Waals surface area contributed by atoms with Crippen LogP contribution in [0.5, 0.6) is 5.75 Å². The second-order valence-electron chi connectivity index (χ2n) is 3.84. The van der Waals surface area contributed by atoms with Crippen LogP contribution in [0.2, 0.25) is 0 Å². The van der Waals surface area contributed by atoms with Crippen molar-refractivity contribution in [1.29, 1.82) is 0 Å². The van der Waals surface area contributed by atoms with Crippen molar-refractivity contribution >= 4 is 17.3 Å². The third-order valence-corrected chi connectivity index (χ3v) is 2.73. The average molecular weight is 262 g/mol. The number of nitrogens with two attached hydrogens (primary N) is 1. The molecule has 0 atom stereocenters. The Morgan fingerprint density at radius 3 is 2.53 bits per heavy atom. The Balaban J connectivity index is 2.48. The Labute approximate surface area is 110 Å². The number of ether oxygens (including phenoxy) is 1. The van der Waals surface area contributed by atoms with Crippen molar-refractivity contribution in [2.24, 2.45) is 0 Å². The van der Waals surface area contributed by atoms with Gasteiger partial charge in [-0.3, -0.25) is 0 Å². The van der Waals surface area contributed by atoms with Gasteiger partial charge in [-0.15, -0.1) is 0 Å². The molecule has 1 aromatic carbocycles. The fourth-order valence-corrected chi connectivity index (χ4v) is 1.84. The van der Waals surface area contributed by atoms with Crippen molar-refractivity contribution in [3.63, 3.8) is 0 Å². The maximum absolute atomic E-state index is 13.0. The van der Waals surface area contributed by atoms with Gasteiger partial charge in [-0.05, 0) is 31.2 Å². The van der Waals surface area contributed by atoms with Crippen LogP contribution in [0.25, 0.3) is 0 Å². The predicted molar refractivity (Wildman–Crippen MR) is 72.1 cm³/mol. The zero-order valence-corrected chi connectivity index (χ0v) is 10.8. The minimum absolute atomic E-state index is 0.271. The third-order valence-electron chi connectivity index (χ3n) is 2.73. The molecule has 2 aromatic rings. The number of hydrogen-bond donors (Lipinski definition) is 1. The zero-order chi connectivity index (χ0) is 13.8. The standard InChI is InChI=1S/C13H15FN4O/c1-3-18(10-6-4-9(14)5-7-10)13-11(19-2)12(15)16-8-17-13/h4-8H,3H2,1-2H3,(H2,15,16,17). The summed E-state index contributed by atoms with van der Waals surface area (Å²) in [5.41, 5.74) is 6.57. The van der Waals surface area contributed by atoms with Crippen molar-refractivity contribution < 1.29 is 9.13 Å². The van der Waals surface area contributed by atoms with E-state index in [1.165, 1.54) is 25.6 Å². The van der Waals surface area contributed by atoms with Crippen LogP contribution in [-0.2, 0) is 0 Å². The van der Waals surface area contributed by atoms with E-state index < -0.39 is 0 Å². The topological polar surface area (TPSA) is 64.3 Å². The van der Waals surface area contributed by atoms with E-state index in [0.29, 0.717) is 18.1 Å². The molecule has 5 nitrogen and oxygen atoms in total. The minimum Gasteiger partial charge on any atom is -0.490 e. The fourth-order valence-electron chi connectivity index (χ4n) is 1.84. The van der Waals surface area contributed by atoms with Gasteiger partial charge in [0.15, 0.2) is 11.6 Å². The summed E-state index contributed by atoms with van der Waals surface area (Å²) in [6, 6.07) is 6.15. The number of nitrogen functional groups attached to an aromatic ring is 1. The molecule has 19 heavy (non-hydrogen) atoms. The molecule has 0 fully saturated rings. The van der Waals surface area contributed by atoms with Gasteiger partial charge in [0.2, 0.25) is 5.75 Å². The summed E-state index contributed by atoms with van der Waals surface area (Å²) < 4.78 is 18.2. The van der Waals surface area contributed by atoms with E-state index in [9.17, 15) is 4.39 Å². The first-order valence-electron chi connectivity index (χ1n) is 5.85. The van der Waals surface area contributed by atoms with Crippen LogP contribution in [0.4, 0.5) is 21.7 Å². The van der Waals surface area contributed by atoms with Gasteiger partial charge in [-0.25, -0.2) is 14.4 Å². The lowest BCUT2D eigenvalue weighted by Crippen LogP contribution is -2.19. The highest BCUT2D eigenvalue weighted by Crippen LogP contribution is 2.34. The monoisotopic (exact) mass is 262 g/mol. The number of methoxy groups -OCH3 is 1. The molecule has 0 bridgehead atoms. The highest BCUT2D eigenvalue weighted by Gasteiger charge is 2.17. The van der Waals surface area contributed by atoms with Gasteiger partial charge in [0.1, 0.15) is 12.1 Å². The zero-order valence-electron chi connectivity index (χ0n) is 10.8. The number of nitrogens with zero attached hydrogens (tertiary/aromatic N) is 3.